The molecule has 14 aromatic rings. The summed E-state index contributed by atoms with van der Waals surface area (Å²) in [4.78, 5) is 5.14. The van der Waals surface area contributed by atoms with E-state index in [1.807, 2.05) is 0 Å². The maximum Gasteiger partial charge on any atom is 0.159 e. The van der Waals surface area contributed by atoms with Crippen molar-refractivity contribution in [2.75, 3.05) is 9.80 Å². The van der Waals surface area contributed by atoms with Crippen molar-refractivity contribution in [1.82, 2.24) is 0 Å². The van der Waals surface area contributed by atoms with Crippen LogP contribution in [0, 0.1) is 27.7 Å². The summed E-state index contributed by atoms with van der Waals surface area (Å²) in [5.74, 6) is 0.370. The lowest BCUT2D eigenvalue weighted by Gasteiger charge is -2.33. The highest BCUT2D eigenvalue weighted by molar-refractivity contribution is 6.30. The molecule has 0 radical (unpaired) electrons. The van der Waals surface area contributed by atoms with E-state index in [1.54, 1.807) is 0 Å². The zero-order chi connectivity index (χ0) is 59.8. The molecular weight excluding hydrogens is 1040 g/mol. The van der Waals surface area contributed by atoms with Gasteiger partial charge in [0.1, 0.15) is 11.2 Å². The van der Waals surface area contributed by atoms with Gasteiger partial charge < -0.3 is 18.6 Å². The van der Waals surface area contributed by atoms with Crippen LogP contribution in [-0.2, 0) is 10.8 Å². The van der Waals surface area contributed by atoms with E-state index in [0.29, 0.717) is 0 Å². The highest BCUT2D eigenvalue weighted by Gasteiger charge is 2.32. The minimum absolute atomic E-state index is 0.138. The Bertz CT molecular complexity index is 4680. The number of benzene rings is 12. The number of furan rings is 2. The Hall–Kier alpha value is -9.12. The molecular formula is C82H76N2O2. The zero-order valence-electron chi connectivity index (χ0n) is 52.3. The molecule has 0 aliphatic rings. The predicted octanol–water partition coefficient (Wildman–Crippen LogP) is 24.7. The van der Waals surface area contributed by atoms with Crippen molar-refractivity contribution in [3.8, 4) is 22.3 Å². The topological polar surface area (TPSA) is 32.8 Å². The number of nitrogens with zero attached hydrogens (tertiary/aromatic N) is 2. The van der Waals surface area contributed by atoms with Crippen molar-refractivity contribution >= 4 is 110 Å². The average Bonchev–Trinajstić information content (AvgIpc) is 0.830. The molecule has 2 heterocycles. The summed E-state index contributed by atoms with van der Waals surface area (Å²) in [5.41, 5.74) is 24.2. The lowest BCUT2D eigenvalue weighted by molar-refractivity contribution is 0.572. The number of para-hydroxylation sites is 2. The summed E-state index contributed by atoms with van der Waals surface area (Å²) in [6.45, 7) is 32.2. The third-order valence-corrected chi connectivity index (χ3v) is 18.5. The molecule has 426 valence electrons. The number of fused-ring (bicyclic) bond motifs is 6. The van der Waals surface area contributed by atoms with Gasteiger partial charge in [0.2, 0.25) is 0 Å². The van der Waals surface area contributed by atoms with Gasteiger partial charge in [0.05, 0.1) is 22.7 Å². The van der Waals surface area contributed by atoms with Crippen LogP contribution >= 0.6 is 0 Å². The van der Waals surface area contributed by atoms with E-state index in [0.717, 1.165) is 100 Å². The number of anilines is 6. The summed E-state index contributed by atoms with van der Waals surface area (Å²) >= 11 is 0. The minimum atomic E-state index is -0.138. The van der Waals surface area contributed by atoms with Crippen LogP contribution in [0.5, 0.6) is 0 Å². The summed E-state index contributed by atoms with van der Waals surface area (Å²) in [7, 11) is 0. The first-order valence-corrected chi connectivity index (χ1v) is 30.9. The molecule has 0 unspecified atom stereocenters. The molecule has 0 fully saturated rings. The lowest BCUT2D eigenvalue weighted by atomic mass is 9.83. The Kier molecular flexibility index (Phi) is 12.9. The van der Waals surface area contributed by atoms with Crippen LogP contribution in [0.3, 0.4) is 0 Å². The smallest absolute Gasteiger partial charge is 0.159 e. The molecule has 0 atom stereocenters. The highest BCUT2D eigenvalue weighted by atomic mass is 16.3. The standard InChI is InChI=1S/C82H76N2O2/c1-47(2)65-45-71(83(69-43-55(35-31-49(69)5)53-23-17-15-18-24-53)75-51(7)33-37-61-59-27-21-29-67(81(9,10)11)77(59)85-79(61)75)63-42-40-58-66(48(3)4)46-72(64-41-39-57(65)73(63)74(58)64)84(70-44-56(36-32-50(70)6)54-25-19-16-20-26-54)76-52(8)34-38-62-60-28-22-30-68(82(12,13)14)78(60)86-80(62)76/h15-48H,1-14H3. The molecule has 0 saturated heterocycles. The van der Waals surface area contributed by atoms with E-state index in [1.165, 1.54) is 76.8 Å². The van der Waals surface area contributed by atoms with Crippen LogP contribution in [0.4, 0.5) is 34.1 Å². The molecule has 0 aliphatic heterocycles. The third-order valence-electron chi connectivity index (χ3n) is 18.5. The Morgan fingerprint density at radius 1 is 0.302 bits per heavy atom. The molecule has 14 rings (SSSR count). The summed E-state index contributed by atoms with van der Waals surface area (Å²) in [6, 6.07) is 72.8. The molecule has 4 nitrogen and oxygen atoms in total. The van der Waals surface area contributed by atoms with Gasteiger partial charge in [-0.15, -0.1) is 0 Å². The maximum atomic E-state index is 7.45. The first-order chi connectivity index (χ1) is 41.3. The molecule has 0 saturated carbocycles. The maximum absolute atomic E-state index is 7.45. The summed E-state index contributed by atoms with van der Waals surface area (Å²) in [5, 5.41) is 11.9. The fourth-order valence-corrected chi connectivity index (χ4v) is 14.0. The van der Waals surface area contributed by atoms with Gasteiger partial charge in [-0.05, 0) is 152 Å². The second-order valence-electron chi connectivity index (χ2n) is 27.0. The van der Waals surface area contributed by atoms with Crippen LogP contribution < -0.4 is 9.80 Å². The monoisotopic (exact) mass is 1120 g/mol. The van der Waals surface area contributed by atoms with Gasteiger partial charge in [-0.25, -0.2) is 0 Å². The number of aryl methyl sites for hydroxylation is 4. The molecule has 2 aromatic heterocycles. The van der Waals surface area contributed by atoms with E-state index in [2.05, 4.69) is 301 Å². The van der Waals surface area contributed by atoms with Crippen molar-refractivity contribution in [2.45, 2.75) is 120 Å². The van der Waals surface area contributed by atoms with Crippen molar-refractivity contribution in [3.05, 3.63) is 239 Å². The quantitative estimate of drug-likeness (QED) is 0.128. The Morgan fingerprint density at radius 3 is 1.02 bits per heavy atom. The van der Waals surface area contributed by atoms with Gasteiger partial charge in [-0.1, -0.05) is 239 Å². The van der Waals surface area contributed by atoms with Crippen LogP contribution in [0.2, 0.25) is 0 Å². The normalized spacial score (nSPS) is 12.5. The van der Waals surface area contributed by atoms with E-state index in [4.69, 9.17) is 8.83 Å². The summed E-state index contributed by atoms with van der Waals surface area (Å²) in [6.07, 6.45) is 0. The number of hydrogen-bond donors (Lipinski definition) is 0. The Morgan fingerprint density at radius 2 is 0.651 bits per heavy atom. The first kappa shape index (κ1) is 54.8. The van der Waals surface area contributed by atoms with Crippen LogP contribution in [-0.4, -0.2) is 0 Å². The Labute approximate surface area is 506 Å². The Balaban J connectivity index is 1.13. The first-order valence-electron chi connectivity index (χ1n) is 30.9. The number of rotatable bonds is 10. The van der Waals surface area contributed by atoms with Crippen molar-refractivity contribution in [3.63, 3.8) is 0 Å². The van der Waals surface area contributed by atoms with E-state index >= 15 is 0 Å². The highest BCUT2D eigenvalue weighted by Crippen LogP contribution is 2.55. The van der Waals surface area contributed by atoms with Crippen molar-refractivity contribution < 1.29 is 8.83 Å². The molecule has 0 N–H and O–H groups in total. The van der Waals surface area contributed by atoms with Gasteiger partial charge in [0, 0.05) is 54.8 Å². The van der Waals surface area contributed by atoms with Gasteiger partial charge in [-0.2, -0.15) is 0 Å². The van der Waals surface area contributed by atoms with Crippen LogP contribution in [0.25, 0.3) is 98.4 Å². The molecule has 86 heavy (non-hydrogen) atoms. The lowest BCUT2D eigenvalue weighted by Crippen LogP contribution is -2.15. The van der Waals surface area contributed by atoms with Crippen molar-refractivity contribution in [2.24, 2.45) is 0 Å². The van der Waals surface area contributed by atoms with E-state index < -0.39 is 0 Å². The SMILES string of the molecule is Cc1ccc(-c2ccccc2)cc1N(c1cc(C(C)C)c2ccc3c(N(c4cc(-c5ccccc5)ccc4C)c4c(C)ccc5c4oc4c(C(C)(C)C)cccc45)cc(C(C)C)c4ccc1c2c43)c1c(C)ccc2c1oc1c(C(C)(C)C)cccc12. The van der Waals surface area contributed by atoms with Gasteiger partial charge in [-0.3, -0.25) is 0 Å². The minimum Gasteiger partial charge on any atom is -0.454 e. The fourth-order valence-electron chi connectivity index (χ4n) is 14.0. The van der Waals surface area contributed by atoms with Gasteiger partial charge in [0.15, 0.2) is 11.2 Å². The van der Waals surface area contributed by atoms with Gasteiger partial charge in [0.25, 0.3) is 0 Å². The van der Waals surface area contributed by atoms with Gasteiger partial charge >= 0.3 is 0 Å². The molecule has 0 bridgehead atoms. The van der Waals surface area contributed by atoms with Crippen molar-refractivity contribution in [1.29, 1.82) is 0 Å². The molecule has 4 heteroatoms. The van der Waals surface area contributed by atoms with Crippen LogP contribution in [0.1, 0.15) is 126 Å². The average molecular weight is 1120 g/mol. The molecule has 0 spiro atoms. The summed E-state index contributed by atoms with van der Waals surface area (Å²) < 4.78 is 14.9. The molecule has 12 aromatic carbocycles. The molecule has 0 aliphatic carbocycles. The predicted molar refractivity (Wildman–Crippen MR) is 369 cm³/mol. The van der Waals surface area contributed by atoms with E-state index in [9.17, 15) is 0 Å². The largest absolute Gasteiger partial charge is 0.454 e. The second kappa shape index (κ2) is 20.3. The zero-order valence-corrected chi connectivity index (χ0v) is 52.3. The third kappa shape index (κ3) is 8.69. The molecule has 0 amide bonds. The van der Waals surface area contributed by atoms with E-state index in [-0.39, 0.29) is 22.7 Å². The second-order valence-corrected chi connectivity index (χ2v) is 27.0. The number of hydrogen-bond acceptors (Lipinski definition) is 4. The van der Waals surface area contributed by atoms with Crippen LogP contribution in [0.15, 0.2) is 203 Å². The fraction of sp³-hybridized carbons (Fsp3) is 0.220.